The Balaban J connectivity index is 1.65. The highest BCUT2D eigenvalue weighted by Gasteiger charge is 2.36. The summed E-state index contributed by atoms with van der Waals surface area (Å²) >= 11 is 0. The number of aromatic nitrogens is 1. The molecule has 2 unspecified atom stereocenters. The van der Waals surface area contributed by atoms with Gasteiger partial charge < -0.3 is 14.6 Å². The summed E-state index contributed by atoms with van der Waals surface area (Å²) in [6.07, 6.45) is 1.17. The normalized spacial score (nSPS) is 27.1. The molecular weight excluding hydrogens is 233 g/mol. The quantitative estimate of drug-likeness (QED) is 0.833. The lowest BCUT2D eigenvalue weighted by atomic mass is 9.85. The molecule has 5 heteroatoms. The standard InChI is InChI=1S/C13H14FN3O/c14-9-1-2-12-10(5-9)16-13(18-12)17-4-3-8-6-15-11(8)7-17/h1-2,5,8,11,15H,3-4,6-7H2. The third-order valence-corrected chi connectivity index (χ3v) is 4.01. The Morgan fingerprint density at radius 2 is 2.39 bits per heavy atom. The minimum atomic E-state index is -0.276. The minimum Gasteiger partial charge on any atom is -0.423 e. The first-order valence-corrected chi connectivity index (χ1v) is 6.34. The average molecular weight is 247 g/mol. The molecule has 1 N–H and O–H groups in total. The third kappa shape index (κ3) is 1.50. The van der Waals surface area contributed by atoms with Crippen LogP contribution in [-0.2, 0) is 0 Å². The van der Waals surface area contributed by atoms with Crippen molar-refractivity contribution in [2.75, 3.05) is 24.5 Å². The van der Waals surface area contributed by atoms with Crippen LogP contribution in [0.15, 0.2) is 22.6 Å². The Kier molecular flexibility index (Phi) is 2.11. The van der Waals surface area contributed by atoms with Crippen LogP contribution >= 0.6 is 0 Å². The fraction of sp³-hybridized carbons (Fsp3) is 0.462. The molecule has 0 amide bonds. The zero-order valence-corrected chi connectivity index (χ0v) is 9.90. The largest absolute Gasteiger partial charge is 0.423 e. The molecule has 4 rings (SSSR count). The van der Waals surface area contributed by atoms with Crippen LogP contribution in [0.25, 0.3) is 11.1 Å². The van der Waals surface area contributed by atoms with Crippen molar-refractivity contribution in [3.8, 4) is 0 Å². The molecule has 2 aromatic rings. The van der Waals surface area contributed by atoms with Gasteiger partial charge in [-0.05, 0) is 31.0 Å². The van der Waals surface area contributed by atoms with Gasteiger partial charge in [-0.25, -0.2) is 4.39 Å². The van der Waals surface area contributed by atoms with Crippen molar-refractivity contribution in [2.24, 2.45) is 5.92 Å². The van der Waals surface area contributed by atoms with Crippen LogP contribution in [0.1, 0.15) is 6.42 Å². The van der Waals surface area contributed by atoms with E-state index in [-0.39, 0.29) is 5.82 Å². The van der Waals surface area contributed by atoms with Crippen molar-refractivity contribution in [2.45, 2.75) is 12.5 Å². The number of hydrogen-bond donors (Lipinski definition) is 1. The molecule has 0 saturated carbocycles. The number of hydrogen-bond acceptors (Lipinski definition) is 4. The zero-order chi connectivity index (χ0) is 12.1. The number of oxazole rings is 1. The van der Waals surface area contributed by atoms with E-state index in [2.05, 4.69) is 15.2 Å². The molecule has 4 nitrogen and oxygen atoms in total. The van der Waals surface area contributed by atoms with Gasteiger partial charge in [-0.1, -0.05) is 0 Å². The Hall–Kier alpha value is -1.62. The van der Waals surface area contributed by atoms with Crippen LogP contribution in [-0.4, -0.2) is 30.7 Å². The maximum Gasteiger partial charge on any atom is 0.298 e. The number of nitrogens with one attached hydrogen (secondary N) is 1. The molecule has 2 saturated heterocycles. The van der Waals surface area contributed by atoms with Gasteiger partial charge in [-0.3, -0.25) is 0 Å². The maximum absolute atomic E-state index is 13.1. The van der Waals surface area contributed by atoms with E-state index in [9.17, 15) is 4.39 Å². The zero-order valence-electron chi connectivity index (χ0n) is 9.90. The lowest BCUT2D eigenvalue weighted by molar-refractivity contribution is 0.193. The van der Waals surface area contributed by atoms with Crippen LogP contribution in [0.3, 0.4) is 0 Å². The average Bonchev–Trinajstić information content (AvgIpc) is 2.73. The number of nitrogens with zero attached hydrogens (tertiary/aromatic N) is 2. The number of halogens is 1. The predicted molar refractivity (Wildman–Crippen MR) is 66.1 cm³/mol. The molecule has 0 radical (unpaired) electrons. The van der Waals surface area contributed by atoms with Crippen molar-refractivity contribution < 1.29 is 8.81 Å². The summed E-state index contributed by atoms with van der Waals surface area (Å²) in [6.45, 7) is 3.04. The molecular formula is C13H14FN3O. The minimum absolute atomic E-state index is 0.276. The second-order valence-corrected chi connectivity index (χ2v) is 5.12. The highest BCUT2D eigenvalue weighted by Crippen LogP contribution is 2.29. The SMILES string of the molecule is Fc1ccc2oc(N3CCC4CNC4C3)nc2c1. The Morgan fingerprint density at radius 1 is 1.44 bits per heavy atom. The second-order valence-electron chi connectivity index (χ2n) is 5.12. The van der Waals surface area contributed by atoms with Crippen LogP contribution in [0.2, 0.25) is 0 Å². The second kappa shape index (κ2) is 3.68. The third-order valence-electron chi connectivity index (χ3n) is 4.01. The van der Waals surface area contributed by atoms with Gasteiger partial charge in [0.25, 0.3) is 6.01 Å². The van der Waals surface area contributed by atoms with E-state index in [1.807, 2.05) is 0 Å². The Morgan fingerprint density at radius 3 is 3.17 bits per heavy atom. The van der Waals surface area contributed by atoms with Crippen LogP contribution < -0.4 is 10.2 Å². The van der Waals surface area contributed by atoms with Gasteiger partial charge in [0.05, 0.1) is 0 Å². The summed E-state index contributed by atoms with van der Waals surface area (Å²) in [5.74, 6) is 0.532. The topological polar surface area (TPSA) is 41.3 Å². The lowest BCUT2D eigenvalue weighted by Crippen LogP contribution is -2.62. The predicted octanol–water partition coefficient (Wildman–Crippen LogP) is 1.77. The first kappa shape index (κ1) is 10.3. The van der Waals surface area contributed by atoms with Crippen molar-refractivity contribution in [3.63, 3.8) is 0 Å². The van der Waals surface area contributed by atoms with Crippen molar-refractivity contribution in [3.05, 3.63) is 24.0 Å². The summed E-state index contributed by atoms with van der Waals surface area (Å²) in [6, 6.07) is 5.62. The summed E-state index contributed by atoms with van der Waals surface area (Å²) in [4.78, 5) is 6.52. The van der Waals surface area contributed by atoms with E-state index in [4.69, 9.17) is 4.42 Å². The molecule has 18 heavy (non-hydrogen) atoms. The molecule has 0 aliphatic carbocycles. The molecule has 0 spiro atoms. The van der Waals surface area contributed by atoms with E-state index in [1.165, 1.54) is 18.6 Å². The van der Waals surface area contributed by atoms with E-state index in [1.54, 1.807) is 6.07 Å². The number of anilines is 1. The number of fused-ring (bicyclic) bond motifs is 2. The van der Waals surface area contributed by atoms with Crippen molar-refractivity contribution in [1.82, 2.24) is 10.3 Å². The highest BCUT2D eigenvalue weighted by atomic mass is 19.1. The van der Waals surface area contributed by atoms with Gasteiger partial charge in [0.15, 0.2) is 5.58 Å². The van der Waals surface area contributed by atoms with Gasteiger partial charge in [0.1, 0.15) is 11.3 Å². The molecule has 94 valence electrons. The Bertz CT molecular complexity index is 597. The van der Waals surface area contributed by atoms with Gasteiger partial charge in [-0.15, -0.1) is 0 Å². The lowest BCUT2D eigenvalue weighted by Gasteiger charge is -2.45. The molecule has 2 aliphatic rings. The fourth-order valence-electron chi connectivity index (χ4n) is 2.82. The fourth-order valence-corrected chi connectivity index (χ4v) is 2.82. The molecule has 2 fully saturated rings. The van der Waals surface area contributed by atoms with Gasteiger partial charge in [0.2, 0.25) is 0 Å². The number of piperidine rings is 1. The summed E-state index contributed by atoms with van der Waals surface area (Å²) in [7, 11) is 0. The van der Waals surface area contributed by atoms with E-state index >= 15 is 0 Å². The number of rotatable bonds is 1. The Labute approximate surface area is 104 Å². The van der Waals surface area contributed by atoms with Crippen LogP contribution in [0.5, 0.6) is 0 Å². The smallest absolute Gasteiger partial charge is 0.298 e. The monoisotopic (exact) mass is 247 g/mol. The van der Waals surface area contributed by atoms with E-state index < -0.39 is 0 Å². The van der Waals surface area contributed by atoms with Gasteiger partial charge in [-0.2, -0.15) is 4.98 Å². The molecule has 1 aromatic heterocycles. The van der Waals surface area contributed by atoms with Crippen LogP contribution in [0.4, 0.5) is 10.4 Å². The highest BCUT2D eigenvalue weighted by molar-refractivity contribution is 5.74. The van der Waals surface area contributed by atoms with Crippen molar-refractivity contribution in [1.29, 1.82) is 0 Å². The summed E-state index contributed by atoms with van der Waals surface area (Å²) in [5, 5.41) is 3.42. The molecule has 1 aromatic carbocycles. The first-order valence-electron chi connectivity index (χ1n) is 6.34. The molecule has 3 heterocycles. The number of benzene rings is 1. The van der Waals surface area contributed by atoms with E-state index in [0.717, 1.165) is 25.6 Å². The summed E-state index contributed by atoms with van der Waals surface area (Å²) < 4.78 is 18.8. The van der Waals surface area contributed by atoms with Gasteiger partial charge in [0, 0.05) is 25.2 Å². The first-order chi connectivity index (χ1) is 8.79. The van der Waals surface area contributed by atoms with E-state index in [0.29, 0.717) is 23.2 Å². The molecule has 2 aliphatic heterocycles. The summed E-state index contributed by atoms with van der Waals surface area (Å²) in [5.41, 5.74) is 1.24. The molecule has 0 bridgehead atoms. The maximum atomic E-state index is 13.1. The van der Waals surface area contributed by atoms with Crippen LogP contribution in [0, 0.1) is 11.7 Å². The van der Waals surface area contributed by atoms with Gasteiger partial charge >= 0.3 is 0 Å². The molecule has 2 atom stereocenters. The van der Waals surface area contributed by atoms with Crippen molar-refractivity contribution >= 4 is 17.1 Å².